The van der Waals surface area contributed by atoms with Gasteiger partial charge in [0, 0.05) is 13.1 Å². The van der Waals surface area contributed by atoms with E-state index >= 15 is 0 Å². The summed E-state index contributed by atoms with van der Waals surface area (Å²) in [5.41, 5.74) is 0.763. The van der Waals surface area contributed by atoms with Gasteiger partial charge in [-0.25, -0.2) is 8.42 Å². The van der Waals surface area contributed by atoms with Gasteiger partial charge in [-0.2, -0.15) is 4.31 Å². The Balaban J connectivity index is 2.28. The summed E-state index contributed by atoms with van der Waals surface area (Å²) < 4.78 is 26.2. The first-order valence-electron chi connectivity index (χ1n) is 5.75. The second kappa shape index (κ2) is 4.76. The lowest BCUT2D eigenvalue weighted by Crippen LogP contribution is -2.40. The first-order chi connectivity index (χ1) is 8.01. The second-order valence-electron chi connectivity index (χ2n) is 4.40. The van der Waals surface area contributed by atoms with Crippen LogP contribution in [0.25, 0.3) is 0 Å². The van der Waals surface area contributed by atoms with Crippen LogP contribution >= 0.6 is 0 Å². The van der Waals surface area contributed by atoms with E-state index < -0.39 is 10.0 Å². The zero-order chi connectivity index (χ0) is 12.5. The predicted octanol–water partition coefficient (Wildman–Crippen LogP) is 1.14. The van der Waals surface area contributed by atoms with Crippen LogP contribution in [0.1, 0.15) is 18.4 Å². The summed E-state index contributed by atoms with van der Waals surface area (Å²) in [7, 11) is -3.39. The lowest BCUT2D eigenvalue weighted by molar-refractivity contribution is 0.113. The van der Waals surface area contributed by atoms with Crippen molar-refractivity contribution in [2.24, 2.45) is 0 Å². The fourth-order valence-corrected chi connectivity index (χ4v) is 3.76. The lowest BCUT2D eigenvalue weighted by Gasteiger charge is -2.29. The Morgan fingerprint density at radius 1 is 1.24 bits per heavy atom. The molecule has 1 fully saturated rings. The van der Waals surface area contributed by atoms with Crippen molar-refractivity contribution in [1.29, 1.82) is 0 Å². The Morgan fingerprint density at radius 3 is 2.41 bits per heavy atom. The van der Waals surface area contributed by atoms with Gasteiger partial charge in [0.05, 0.1) is 11.0 Å². The van der Waals surface area contributed by atoms with Crippen molar-refractivity contribution in [3.63, 3.8) is 0 Å². The molecule has 0 radical (unpaired) electrons. The van der Waals surface area contributed by atoms with E-state index in [2.05, 4.69) is 0 Å². The van der Waals surface area contributed by atoms with Gasteiger partial charge in [-0.15, -0.1) is 0 Å². The van der Waals surface area contributed by atoms with E-state index in [1.807, 2.05) is 6.07 Å². The number of aliphatic hydroxyl groups is 1. The molecule has 1 aliphatic rings. The van der Waals surface area contributed by atoms with Crippen LogP contribution in [0, 0.1) is 6.92 Å². The van der Waals surface area contributed by atoms with Crippen LogP contribution in [0.2, 0.25) is 0 Å². The standard InChI is InChI=1S/C12H17NO3S/c1-10-4-2-3-5-12(10)17(15,16)13-8-6-11(14)7-9-13/h2-5,11,14H,6-9H2,1H3. The summed E-state index contributed by atoms with van der Waals surface area (Å²) >= 11 is 0. The molecule has 2 rings (SSSR count). The highest BCUT2D eigenvalue weighted by Crippen LogP contribution is 2.22. The molecule has 1 heterocycles. The third-order valence-corrected chi connectivity index (χ3v) is 5.19. The maximum atomic E-state index is 12.4. The van der Waals surface area contributed by atoms with Crippen molar-refractivity contribution in [3.8, 4) is 0 Å². The van der Waals surface area contributed by atoms with Gasteiger partial charge in [0.25, 0.3) is 0 Å². The average molecular weight is 255 g/mol. The number of hydrogen-bond acceptors (Lipinski definition) is 3. The molecule has 1 N–H and O–H groups in total. The van der Waals surface area contributed by atoms with Crippen LogP contribution in [-0.2, 0) is 10.0 Å². The first-order valence-corrected chi connectivity index (χ1v) is 7.19. The van der Waals surface area contributed by atoms with Crippen molar-refractivity contribution < 1.29 is 13.5 Å². The van der Waals surface area contributed by atoms with Crippen LogP contribution in [-0.4, -0.2) is 37.0 Å². The molecule has 94 valence electrons. The van der Waals surface area contributed by atoms with Gasteiger partial charge in [0.1, 0.15) is 0 Å². The van der Waals surface area contributed by atoms with Gasteiger partial charge in [0.2, 0.25) is 10.0 Å². The fraction of sp³-hybridized carbons (Fsp3) is 0.500. The van der Waals surface area contributed by atoms with Crippen LogP contribution < -0.4 is 0 Å². The molecule has 4 nitrogen and oxygen atoms in total. The van der Waals surface area contributed by atoms with Gasteiger partial charge >= 0.3 is 0 Å². The van der Waals surface area contributed by atoms with E-state index in [0.717, 1.165) is 5.56 Å². The van der Waals surface area contributed by atoms with Crippen LogP contribution in [0.4, 0.5) is 0 Å². The molecule has 5 heteroatoms. The molecule has 0 aromatic heterocycles. The normalized spacial score (nSPS) is 19.4. The zero-order valence-electron chi connectivity index (χ0n) is 9.83. The number of aryl methyl sites for hydroxylation is 1. The van der Waals surface area contributed by atoms with Crippen molar-refractivity contribution in [2.45, 2.75) is 30.8 Å². The highest BCUT2D eigenvalue weighted by atomic mass is 32.2. The molecule has 0 bridgehead atoms. The van der Waals surface area contributed by atoms with Crippen LogP contribution in [0.3, 0.4) is 0 Å². The number of nitrogens with zero attached hydrogens (tertiary/aromatic N) is 1. The number of piperidine rings is 1. The molecule has 0 aliphatic carbocycles. The number of hydrogen-bond donors (Lipinski definition) is 1. The molecule has 1 aliphatic heterocycles. The third-order valence-electron chi connectivity index (χ3n) is 3.13. The van der Waals surface area contributed by atoms with E-state index in [0.29, 0.717) is 30.8 Å². The van der Waals surface area contributed by atoms with Crippen molar-refractivity contribution >= 4 is 10.0 Å². The fourth-order valence-electron chi connectivity index (χ4n) is 2.07. The average Bonchev–Trinajstić information content (AvgIpc) is 2.30. The molecule has 1 aromatic rings. The Kier molecular flexibility index (Phi) is 3.51. The van der Waals surface area contributed by atoms with Gasteiger partial charge < -0.3 is 5.11 Å². The van der Waals surface area contributed by atoms with Crippen LogP contribution in [0.15, 0.2) is 29.2 Å². The van der Waals surface area contributed by atoms with Gasteiger partial charge in [-0.1, -0.05) is 18.2 Å². The minimum Gasteiger partial charge on any atom is -0.393 e. The molecular formula is C12H17NO3S. The van der Waals surface area contributed by atoms with Crippen LogP contribution in [0.5, 0.6) is 0 Å². The van der Waals surface area contributed by atoms with Gasteiger partial charge in [-0.05, 0) is 31.4 Å². The van der Waals surface area contributed by atoms with Crippen molar-refractivity contribution in [3.05, 3.63) is 29.8 Å². The highest BCUT2D eigenvalue weighted by molar-refractivity contribution is 7.89. The minimum atomic E-state index is -3.39. The molecular weight excluding hydrogens is 238 g/mol. The highest BCUT2D eigenvalue weighted by Gasteiger charge is 2.29. The largest absolute Gasteiger partial charge is 0.393 e. The summed E-state index contributed by atoms with van der Waals surface area (Å²) in [5, 5.41) is 9.40. The lowest BCUT2D eigenvalue weighted by atomic mass is 10.1. The molecule has 0 atom stereocenters. The van der Waals surface area contributed by atoms with E-state index in [1.165, 1.54) is 4.31 Å². The molecule has 1 saturated heterocycles. The molecule has 0 spiro atoms. The van der Waals surface area contributed by atoms with E-state index in [9.17, 15) is 13.5 Å². The molecule has 1 aromatic carbocycles. The smallest absolute Gasteiger partial charge is 0.243 e. The molecule has 17 heavy (non-hydrogen) atoms. The number of aliphatic hydroxyl groups excluding tert-OH is 1. The number of rotatable bonds is 2. The van der Waals surface area contributed by atoms with E-state index in [4.69, 9.17) is 0 Å². The predicted molar refractivity (Wildman–Crippen MR) is 65.2 cm³/mol. The van der Waals surface area contributed by atoms with Crippen molar-refractivity contribution in [2.75, 3.05) is 13.1 Å². The van der Waals surface area contributed by atoms with Gasteiger partial charge in [-0.3, -0.25) is 0 Å². The Bertz CT molecular complexity index is 490. The summed E-state index contributed by atoms with van der Waals surface area (Å²) in [6.07, 6.45) is 0.675. The number of sulfonamides is 1. The van der Waals surface area contributed by atoms with Crippen molar-refractivity contribution in [1.82, 2.24) is 4.31 Å². The summed E-state index contributed by atoms with van der Waals surface area (Å²) in [4.78, 5) is 0.372. The van der Waals surface area contributed by atoms with Gasteiger partial charge in [0.15, 0.2) is 0 Å². The second-order valence-corrected chi connectivity index (χ2v) is 6.31. The Labute approximate surface area is 102 Å². The Hall–Kier alpha value is -0.910. The third kappa shape index (κ3) is 2.51. The zero-order valence-corrected chi connectivity index (χ0v) is 10.7. The molecule has 0 unspecified atom stereocenters. The summed E-state index contributed by atoms with van der Waals surface area (Å²) in [5.74, 6) is 0. The monoisotopic (exact) mass is 255 g/mol. The van der Waals surface area contributed by atoms with E-state index in [1.54, 1.807) is 25.1 Å². The SMILES string of the molecule is Cc1ccccc1S(=O)(=O)N1CCC(O)CC1. The first kappa shape index (κ1) is 12.5. The quantitative estimate of drug-likeness (QED) is 0.862. The number of benzene rings is 1. The summed E-state index contributed by atoms with van der Waals surface area (Å²) in [6, 6.07) is 6.99. The molecule has 0 saturated carbocycles. The maximum Gasteiger partial charge on any atom is 0.243 e. The maximum absolute atomic E-state index is 12.4. The molecule has 0 amide bonds. The minimum absolute atomic E-state index is 0.363. The van der Waals surface area contributed by atoms with E-state index in [-0.39, 0.29) is 6.10 Å². The topological polar surface area (TPSA) is 57.6 Å². The summed E-state index contributed by atoms with van der Waals surface area (Å²) in [6.45, 7) is 2.60. The Morgan fingerprint density at radius 2 is 1.82 bits per heavy atom.